The van der Waals surface area contributed by atoms with Gasteiger partial charge in [-0.3, -0.25) is 4.79 Å². The number of nitrogens with one attached hydrogen (secondary N) is 1. The summed E-state index contributed by atoms with van der Waals surface area (Å²) in [6.07, 6.45) is -3.97. The molecule has 0 fully saturated rings. The van der Waals surface area contributed by atoms with Crippen LogP contribution in [0.3, 0.4) is 0 Å². The van der Waals surface area contributed by atoms with Gasteiger partial charge in [0.25, 0.3) is 0 Å². The Kier molecular flexibility index (Phi) is 4.03. The smallest absolute Gasteiger partial charge is 0.349 e. The fourth-order valence-electron chi connectivity index (χ4n) is 2.26. The highest BCUT2D eigenvalue weighted by Crippen LogP contribution is 2.31. The van der Waals surface area contributed by atoms with Gasteiger partial charge in [0.2, 0.25) is 11.7 Å². The van der Waals surface area contributed by atoms with Gasteiger partial charge in [-0.25, -0.2) is 4.98 Å². The summed E-state index contributed by atoms with van der Waals surface area (Å²) in [5, 5.41) is 3.00. The summed E-state index contributed by atoms with van der Waals surface area (Å²) in [7, 11) is 3.17. The van der Waals surface area contributed by atoms with Gasteiger partial charge in [0.05, 0.1) is 5.69 Å². The molecule has 2 heterocycles. The van der Waals surface area contributed by atoms with E-state index in [-0.39, 0.29) is 18.9 Å². The van der Waals surface area contributed by atoms with Gasteiger partial charge in [-0.1, -0.05) is 0 Å². The van der Waals surface area contributed by atoms with E-state index in [1.54, 1.807) is 14.1 Å². The van der Waals surface area contributed by atoms with Crippen LogP contribution >= 0.6 is 0 Å². The standard InChI is InChI=1S/C12H17F3N4O/c1-18(2)10(20)4-6-19-9-3-5-16-7-8(9)17-11(19)12(13,14)15/h16H,3-7H2,1-2H3. The van der Waals surface area contributed by atoms with Crippen molar-refractivity contribution in [2.45, 2.75) is 32.1 Å². The molecule has 1 aromatic heterocycles. The molecule has 0 atom stereocenters. The fraction of sp³-hybridized carbons (Fsp3) is 0.667. The molecule has 0 saturated heterocycles. The van der Waals surface area contributed by atoms with Gasteiger partial charge < -0.3 is 14.8 Å². The fourth-order valence-corrected chi connectivity index (χ4v) is 2.26. The quantitative estimate of drug-likeness (QED) is 0.904. The summed E-state index contributed by atoms with van der Waals surface area (Å²) < 4.78 is 40.2. The van der Waals surface area contributed by atoms with Gasteiger partial charge in [0, 0.05) is 52.3 Å². The van der Waals surface area contributed by atoms with Crippen molar-refractivity contribution >= 4 is 5.91 Å². The lowest BCUT2D eigenvalue weighted by Gasteiger charge is -2.17. The molecule has 20 heavy (non-hydrogen) atoms. The first-order valence-electron chi connectivity index (χ1n) is 6.37. The highest BCUT2D eigenvalue weighted by molar-refractivity contribution is 5.75. The van der Waals surface area contributed by atoms with Crippen molar-refractivity contribution in [2.24, 2.45) is 0 Å². The van der Waals surface area contributed by atoms with Crippen molar-refractivity contribution < 1.29 is 18.0 Å². The minimum Gasteiger partial charge on any atom is -0.349 e. The van der Waals surface area contributed by atoms with Crippen LogP contribution in [-0.2, 0) is 30.5 Å². The van der Waals surface area contributed by atoms with E-state index in [9.17, 15) is 18.0 Å². The van der Waals surface area contributed by atoms with Crippen molar-refractivity contribution in [1.82, 2.24) is 19.8 Å². The lowest BCUT2D eigenvalue weighted by Crippen LogP contribution is -2.27. The number of rotatable bonds is 3. The van der Waals surface area contributed by atoms with Crippen molar-refractivity contribution in [3.05, 3.63) is 17.2 Å². The van der Waals surface area contributed by atoms with E-state index >= 15 is 0 Å². The van der Waals surface area contributed by atoms with Crippen LogP contribution in [0, 0.1) is 0 Å². The predicted octanol–water partition coefficient (Wildman–Crippen LogP) is 1.03. The maximum absolute atomic E-state index is 13.0. The number of halogens is 3. The van der Waals surface area contributed by atoms with Crippen LogP contribution in [-0.4, -0.2) is 41.0 Å². The number of alkyl halides is 3. The summed E-state index contributed by atoms with van der Waals surface area (Å²) >= 11 is 0. The zero-order valence-electron chi connectivity index (χ0n) is 11.4. The van der Waals surface area contributed by atoms with E-state index in [1.807, 2.05) is 0 Å². The van der Waals surface area contributed by atoms with Crippen LogP contribution in [0.1, 0.15) is 23.6 Å². The van der Waals surface area contributed by atoms with Crippen LogP contribution in [0.15, 0.2) is 0 Å². The van der Waals surface area contributed by atoms with Gasteiger partial charge >= 0.3 is 6.18 Å². The Hall–Kier alpha value is -1.57. The summed E-state index contributed by atoms with van der Waals surface area (Å²) in [4.78, 5) is 16.6. The lowest BCUT2D eigenvalue weighted by molar-refractivity contribution is -0.147. The normalized spacial score (nSPS) is 15.1. The Morgan fingerprint density at radius 3 is 2.75 bits per heavy atom. The zero-order chi connectivity index (χ0) is 14.9. The summed E-state index contributed by atoms with van der Waals surface area (Å²) in [5.41, 5.74) is 1.02. The van der Waals surface area contributed by atoms with E-state index in [1.165, 1.54) is 4.90 Å². The zero-order valence-corrected chi connectivity index (χ0v) is 11.4. The molecule has 112 valence electrons. The number of nitrogens with zero attached hydrogens (tertiary/aromatic N) is 3. The Bertz CT molecular complexity index is 508. The molecule has 0 spiro atoms. The van der Waals surface area contributed by atoms with Crippen molar-refractivity contribution in [3.8, 4) is 0 Å². The predicted molar refractivity (Wildman–Crippen MR) is 66.0 cm³/mol. The molecule has 0 bridgehead atoms. The third-order valence-electron chi connectivity index (χ3n) is 3.29. The molecule has 0 saturated carbocycles. The number of hydrogen-bond acceptors (Lipinski definition) is 3. The molecule has 0 radical (unpaired) electrons. The molecule has 0 aliphatic carbocycles. The second-order valence-electron chi connectivity index (χ2n) is 4.94. The summed E-state index contributed by atoms with van der Waals surface area (Å²) in [6.45, 7) is 0.971. The molecule has 1 amide bonds. The third-order valence-corrected chi connectivity index (χ3v) is 3.29. The maximum atomic E-state index is 13.0. The number of aromatic nitrogens is 2. The topological polar surface area (TPSA) is 50.2 Å². The molecular formula is C12H17F3N4O. The monoisotopic (exact) mass is 290 g/mol. The maximum Gasteiger partial charge on any atom is 0.449 e. The Morgan fingerprint density at radius 2 is 2.15 bits per heavy atom. The third kappa shape index (κ3) is 2.95. The molecule has 8 heteroatoms. The van der Waals surface area contributed by atoms with Crippen LogP contribution in [0.25, 0.3) is 0 Å². The van der Waals surface area contributed by atoms with Crippen molar-refractivity contribution in [3.63, 3.8) is 0 Å². The number of fused-ring (bicyclic) bond motifs is 1. The molecule has 0 aromatic carbocycles. The van der Waals surface area contributed by atoms with Gasteiger partial charge in [-0.15, -0.1) is 0 Å². The summed E-state index contributed by atoms with van der Waals surface area (Å²) in [6, 6.07) is 0. The average molecular weight is 290 g/mol. The van der Waals surface area contributed by atoms with Crippen LogP contribution in [0.4, 0.5) is 13.2 Å². The van der Waals surface area contributed by atoms with E-state index < -0.39 is 12.0 Å². The molecule has 5 nitrogen and oxygen atoms in total. The lowest BCUT2D eigenvalue weighted by atomic mass is 10.2. The van der Waals surface area contributed by atoms with E-state index in [0.717, 1.165) is 4.57 Å². The number of carbonyl (C=O) groups is 1. The number of imidazole rings is 1. The highest BCUT2D eigenvalue weighted by Gasteiger charge is 2.39. The van der Waals surface area contributed by atoms with Gasteiger partial charge in [-0.2, -0.15) is 13.2 Å². The molecule has 2 rings (SSSR count). The van der Waals surface area contributed by atoms with Crippen molar-refractivity contribution in [2.75, 3.05) is 20.6 Å². The van der Waals surface area contributed by atoms with E-state index in [2.05, 4.69) is 10.3 Å². The Morgan fingerprint density at radius 1 is 1.45 bits per heavy atom. The van der Waals surface area contributed by atoms with Gasteiger partial charge in [0.15, 0.2) is 0 Å². The van der Waals surface area contributed by atoms with Crippen LogP contribution in [0.5, 0.6) is 0 Å². The first kappa shape index (κ1) is 14.8. The first-order chi connectivity index (χ1) is 9.30. The molecule has 1 aliphatic rings. The number of amides is 1. The SMILES string of the molecule is CN(C)C(=O)CCn1c(C(F)(F)F)nc2c1CCNC2. The van der Waals surface area contributed by atoms with Gasteiger partial charge in [-0.05, 0) is 0 Å². The second kappa shape index (κ2) is 5.43. The Balaban J connectivity index is 2.29. The average Bonchev–Trinajstić information content (AvgIpc) is 2.74. The molecule has 1 aromatic rings. The number of carbonyl (C=O) groups excluding carboxylic acids is 1. The largest absolute Gasteiger partial charge is 0.449 e. The molecule has 1 aliphatic heterocycles. The minimum atomic E-state index is -4.50. The molecular weight excluding hydrogens is 273 g/mol. The molecule has 1 N–H and O–H groups in total. The van der Waals surface area contributed by atoms with Gasteiger partial charge in [0.1, 0.15) is 0 Å². The first-order valence-corrected chi connectivity index (χ1v) is 6.37. The minimum absolute atomic E-state index is 0.00812. The number of hydrogen-bond donors (Lipinski definition) is 1. The highest BCUT2D eigenvalue weighted by atomic mass is 19.4. The molecule has 0 unspecified atom stereocenters. The van der Waals surface area contributed by atoms with Crippen molar-refractivity contribution in [1.29, 1.82) is 0 Å². The second-order valence-corrected chi connectivity index (χ2v) is 4.94. The Labute approximate surface area is 114 Å². The van der Waals surface area contributed by atoms with E-state index in [0.29, 0.717) is 30.9 Å². The van der Waals surface area contributed by atoms with Crippen LogP contribution < -0.4 is 5.32 Å². The summed E-state index contributed by atoms with van der Waals surface area (Å²) in [5.74, 6) is -1.10. The van der Waals surface area contributed by atoms with Crippen LogP contribution in [0.2, 0.25) is 0 Å². The van der Waals surface area contributed by atoms with E-state index in [4.69, 9.17) is 0 Å².